The highest BCUT2D eigenvalue weighted by Gasteiger charge is 2.13. The third-order valence-corrected chi connectivity index (χ3v) is 4.07. The number of ether oxygens (including phenoxy) is 1. The number of nitrogens with one attached hydrogen (secondary N) is 1. The fourth-order valence-corrected chi connectivity index (χ4v) is 2.87. The van der Waals surface area contributed by atoms with Crippen LogP contribution in [0.15, 0.2) is 16.6 Å². The van der Waals surface area contributed by atoms with E-state index in [1.54, 1.807) is 0 Å². The van der Waals surface area contributed by atoms with E-state index >= 15 is 0 Å². The van der Waals surface area contributed by atoms with E-state index in [0.717, 1.165) is 19.5 Å². The summed E-state index contributed by atoms with van der Waals surface area (Å²) in [4.78, 5) is 0. The highest BCUT2D eigenvalue weighted by molar-refractivity contribution is 9.10. The van der Waals surface area contributed by atoms with Crippen molar-refractivity contribution in [3.8, 4) is 5.75 Å². The Balaban J connectivity index is 1.84. The van der Waals surface area contributed by atoms with Crippen LogP contribution in [0.25, 0.3) is 0 Å². The Morgan fingerprint density at radius 2 is 2.33 bits per heavy atom. The van der Waals surface area contributed by atoms with Gasteiger partial charge in [0.25, 0.3) is 0 Å². The molecule has 2 rings (SSSR count). The number of rotatable bonds is 4. The van der Waals surface area contributed by atoms with Crippen molar-refractivity contribution >= 4 is 27.5 Å². The van der Waals surface area contributed by atoms with Crippen molar-refractivity contribution in [2.24, 2.45) is 5.92 Å². The van der Waals surface area contributed by atoms with Gasteiger partial charge in [-0.25, -0.2) is 4.39 Å². The summed E-state index contributed by atoms with van der Waals surface area (Å²) >= 11 is 8.99. The van der Waals surface area contributed by atoms with Crippen LogP contribution in [0.2, 0.25) is 5.02 Å². The summed E-state index contributed by atoms with van der Waals surface area (Å²) in [6.07, 6.45) is 3.46. The van der Waals surface area contributed by atoms with Gasteiger partial charge in [-0.3, -0.25) is 0 Å². The lowest BCUT2D eigenvalue weighted by Gasteiger charge is -2.22. The second-order valence-electron chi connectivity index (χ2n) is 4.55. The Hall–Kier alpha value is -0.320. The average molecular weight is 337 g/mol. The van der Waals surface area contributed by atoms with Crippen molar-refractivity contribution < 1.29 is 9.13 Å². The quantitative estimate of drug-likeness (QED) is 0.839. The van der Waals surface area contributed by atoms with E-state index in [4.69, 9.17) is 16.3 Å². The van der Waals surface area contributed by atoms with Gasteiger partial charge in [-0.15, -0.1) is 0 Å². The van der Waals surface area contributed by atoms with Crippen molar-refractivity contribution in [1.29, 1.82) is 0 Å². The van der Waals surface area contributed by atoms with Crippen LogP contribution >= 0.6 is 27.5 Å². The zero-order valence-electron chi connectivity index (χ0n) is 10.0. The molecule has 0 bridgehead atoms. The Bertz CT molecular complexity index is 410. The van der Waals surface area contributed by atoms with Gasteiger partial charge in [-0.2, -0.15) is 0 Å². The first kappa shape index (κ1) is 14.1. The van der Waals surface area contributed by atoms with Crippen LogP contribution in [0.4, 0.5) is 4.39 Å². The maximum atomic E-state index is 13.3. The van der Waals surface area contributed by atoms with Gasteiger partial charge in [-0.05, 0) is 60.3 Å². The van der Waals surface area contributed by atoms with Crippen LogP contribution < -0.4 is 10.1 Å². The maximum absolute atomic E-state index is 13.3. The molecule has 0 spiro atoms. The molecule has 0 amide bonds. The van der Waals surface area contributed by atoms with Crippen LogP contribution in [0.1, 0.15) is 19.3 Å². The summed E-state index contributed by atoms with van der Waals surface area (Å²) in [6, 6.07) is 2.85. The van der Waals surface area contributed by atoms with E-state index in [0.29, 0.717) is 22.7 Å². The molecule has 0 aromatic heterocycles. The monoisotopic (exact) mass is 335 g/mol. The zero-order valence-corrected chi connectivity index (χ0v) is 12.4. The minimum Gasteiger partial charge on any atom is -0.492 e. The van der Waals surface area contributed by atoms with Crippen LogP contribution in [-0.4, -0.2) is 19.7 Å². The zero-order chi connectivity index (χ0) is 13.0. The van der Waals surface area contributed by atoms with E-state index in [9.17, 15) is 4.39 Å². The molecule has 1 atom stereocenters. The third-order valence-electron chi connectivity index (χ3n) is 3.16. The van der Waals surface area contributed by atoms with Crippen molar-refractivity contribution in [1.82, 2.24) is 5.32 Å². The molecule has 1 unspecified atom stereocenters. The molecule has 2 nitrogen and oxygen atoms in total. The molecular weight excluding hydrogens is 321 g/mol. The molecule has 100 valence electrons. The second kappa shape index (κ2) is 6.73. The Morgan fingerprint density at radius 1 is 1.50 bits per heavy atom. The molecule has 1 aromatic rings. The van der Waals surface area contributed by atoms with Crippen LogP contribution in [-0.2, 0) is 0 Å². The summed E-state index contributed by atoms with van der Waals surface area (Å²) in [7, 11) is 0. The normalized spacial score (nSPS) is 19.8. The number of piperidine rings is 1. The lowest BCUT2D eigenvalue weighted by molar-refractivity contribution is 0.252. The molecule has 1 aliphatic rings. The lowest BCUT2D eigenvalue weighted by Crippen LogP contribution is -2.30. The molecule has 1 heterocycles. The molecule has 1 N–H and O–H groups in total. The van der Waals surface area contributed by atoms with E-state index < -0.39 is 5.82 Å². The van der Waals surface area contributed by atoms with Gasteiger partial charge < -0.3 is 10.1 Å². The van der Waals surface area contributed by atoms with Gasteiger partial charge in [0.2, 0.25) is 0 Å². The minimum absolute atomic E-state index is 0.103. The molecule has 0 saturated carbocycles. The molecule has 1 aliphatic heterocycles. The van der Waals surface area contributed by atoms with Crippen molar-refractivity contribution in [2.75, 3.05) is 19.7 Å². The van der Waals surface area contributed by atoms with E-state index in [1.165, 1.54) is 25.0 Å². The van der Waals surface area contributed by atoms with Crippen molar-refractivity contribution in [3.05, 3.63) is 27.4 Å². The number of benzene rings is 1. The number of hydrogen-bond donors (Lipinski definition) is 1. The first-order valence-corrected chi connectivity index (χ1v) is 7.32. The SMILES string of the molecule is Fc1cc(OCCC2CCCNC2)c(Br)cc1Cl. The predicted molar refractivity (Wildman–Crippen MR) is 74.8 cm³/mol. The summed E-state index contributed by atoms with van der Waals surface area (Å²) in [6.45, 7) is 2.77. The fourth-order valence-electron chi connectivity index (χ4n) is 2.12. The highest BCUT2D eigenvalue weighted by atomic mass is 79.9. The summed E-state index contributed by atoms with van der Waals surface area (Å²) in [5, 5.41) is 3.47. The van der Waals surface area contributed by atoms with Crippen molar-refractivity contribution in [2.45, 2.75) is 19.3 Å². The van der Waals surface area contributed by atoms with Gasteiger partial charge in [0.1, 0.15) is 11.6 Å². The standard InChI is InChI=1S/C13H16BrClFNO/c14-10-6-11(15)12(16)7-13(10)18-5-3-9-2-1-4-17-8-9/h6-7,9,17H,1-5,8H2. The molecule has 1 fully saturated rings. The molecule has 5 heteroatoms. The highest BCUT2D eigenvalue weighted by Crippen LogP contribution is 2.30. The molecular formula is C13H16BrClFNO. The van der Waals surface area contributed by atoms with Crippen LogP contribution in [0, 0.1) is 11.7 Å². The van der Waals surface area contributed by atoms with Crippen molar-refractivity contribution in [3.63, 3.8) is 0 Å². The number of hydrogen-bond acceptors (Lipinski definition) is 2. The second-order valence-corrected chi connectivity index (χ2v) is 5.81. The van der Waals surface area contributed by atoms with Gasteiger partial charge in [0.15, 0.2) is 0 Å². The molecule has 1 aromatic carbocycles. The smallest absolute Gasteiger partial charge is 0.145 e. The topological polar surface area (TPSA) is 21.3 Å². The summed E-state index contributed by atoms with van der Waals surface area (Å²) < 4.78 is 19.6. The third kappa shape index (κ3) is 3.84. The van der Waals surface area contributed by atoms with Gasteiger partial charge in [0, 0.05) is 6.07 Å². The Labute approximate surface area is 120 Å². The minimum atomic E-state index is -0.450. The first-order chi connectivity index (χ1) is 8.66. The molecule has 0 radical (unpaired) electrons. The van der Waals surface area contributed by atoms with Gasteiger partial charge >= 0.3 is 0 Å². The number of halogens is 3. The van der Waals surface area contributed by atoms with Gasteiger partial charge in [0.05, 0.1) is 16.1 Å². The van der Waals surface area contributed by atoms with Crippen LogP contribution in [0.5, 0.6) is 5.75 Å². The van der Waals surface area contributed by atoms with E-state index in [2.05, 4.69) is 21.2 Å². The Morgan fingerprint density at radius 3 is 3.06 bits per heavy atom. The summed E-state index contributed by atoms with van der Waals surface area (Å²) in [5.74, 6) is 0.726. The van der Waals surface area contributed by atoms with Gasteiger partial charge in [-0.1, -0.05) is 11.6 Å². The fraction of sp³-hybridized carbons (Fsp3) is 0.538. The Kier molecular flexibility index (Phi) is 5.27. The average Bonchev–Trinajstić information content (AvgIpc) is 2.37. The predicted octanol–water partition coefficient (Wildman–Crippen LogP) is 4.01. The molecule has 1 saturated heterocycles. The largest absolute Gasteiger partial charge is 0.492 e. The first-order valence-electron chi connectivity index (χ1n) is 6.15. The van der Waals surface area contributed by atoms with E-state index in [-0.39, 0.29) is 5.02 Å². The summed E-state index contributed by atoms with van der Waals surface area (Å²) in [5.41, 5.74) is 0. The molecule has 18 heavy (non-hydrogen) atoms. The molecule has 0 aliphatic carbocycles. The lowest BCUT2D eigenvalue weighted by atomic mass is 9.97. The van der Waals surface area contributed by atoms with E-state index in [1.807, 2.05) is 0 Å². The van der Waals surface area contributed by atoms with Crippen LogP contribution in [0.3, 0.4) is 0 Å². The maximum Gasteiger partial charge on any atom is 0.145 e.